The normalized spacial score (nSPS) is 15.3. The Bertz CT molecular complexity index is 1170. The Morgan fingerprint density at radius 2 is 1.77 bits per heavy atom. The zero-order valence-corrected chi connectivity index (χ0v) is 18.4. The third kappa shape index (κ3) is 3.54. The summed E-state index contributed by atoms with van der Waals surface area (Å²) in [5.41, 5.74) is 4.27. The highest BCUT2D eigenvalue weighted by Crippen LogP contribution is 2.37. The molecule has 0 aliphatic carbocycles. The number of hydrogen-bond donors (Lipinski definition) is 0. The smallest absolute Gasteiger partial charge is 0.339 e. The molecule has 6 heteroatoms. The van der Waals surface area contributed by atoms with Gasteiger partial charge in [-0.3, -0.25) is 4.79 Å². The molecule has 0 unspecified atom stereocenters. The lowest BCUT2D eigenvalue weighted by Gasteiger charge is -2.26. The maximum Gasteiger partial charge on any atom is 0.339 e. The molecule has 0 radical (unpaired) electrons. The molecule has 1 amide bonds. The van der Waals surface area contributed by atoms with E-state index in [2.05, 4.69) is 26.8 Å². The van der Waals surface area contributed by atoms with E-state index in [0.29, 0.717) is 43.9 Å². The number of fused-ring (bicyclic) bond motifs is 2. The van der Waals surface area contributed by atoms with Crippen molar-refractivity contribution in [2.75, 3.05) is 26.3 Å². The van der Waals surface area contributed by atoms with Gasteiger partial charge in [-0.2, -0.15) is 0 Å². The number of benzene rings is 1. The van der Waals surface area contributed by atoms with Gasteiger partial charge in [-0.1, -0.05) is 20.8 Å². The topological polar surface area (TPSA) is 72.9 Å². The number of furan rings is 1. The zero-order chi connectivity index (χ0) is 21.6. The first kappa shape index (κ1) is 20.7. The monoisotopic (exact) mass is 411 g/mol. The van der Waals surface area contributed by atoms with Crippen molar-refractivity contribution in [1.29, 1.82) is 0 Å². The van der Waals surface area contributed by atoms with Crippen LogP contribution in [0.1, 0.15) is 49.4 Å². The average Bonchev–Trinajstić information content (AvgIpc) is 3.14. The van der Waals surface area contributed by atoms with Crippen LogP contribution in [-0.2, 0) is 21.4 Å². The summed E-state index contributed by atoms with van der Waals surface area (Å²) in [6.45, 7) is 12.7. The lowest BCUT2D eigenvalue weighted by Crippen LogP contribution is -2.40. The second-order valence-electron chi connectivity index (χ2n) is 9.14. The fraction of sp³-hybridized carbons (Fsp3) is 0.500. The van der Waals surface area contributed by atoms with Crippen molar-refractivity contribution in [3.05, 3.63) is 45.0 Å². The first-order chi connectivity index (χ1) is 14.2. The first-order valence-electron chi connectivity index (χ1n) is 10.5. The van der Waals surface area contributed by atoms with Gasteiger partial charge in [0.15, 0.2) is 0 Å². The number of hydrogen-bond acceptors (Lipinski definition) is 5. The van der Waals surface area contributed by atoms with Crippen LogP contribution in [0.25, 0.3) is 21.9 Å². The molecule has 0 bridgehead atoms. The molecule has 0 spiro atoms. The average molecular weight is 411 g/mol. The molecule has 1 saturated heterocycles. The Morgan fingerprint density at radius 3 is 2.43 bits per heavy atom. The van der Waals surface area contributed by atoms with Gasteiger partial charge in [0.05, 0.1) is 19.5 Å². The molecule has 3 aromatic rings. The predicted molar refractivity (Wildman–Crippen MR) is 116 cm³/mol. The molecule has 160 valence electrons. The molecule has 0 atom stereocenters. The molecule has 30 heavy (non-hydrogen) atoms. The highest BCUT2D eigenvalue weighted by Gasteiger charge is 2.24. The van der Waals surface area contributed by atoms with Crippen LogP contribution >= 0.6 is 0 Å². The Balaban J connectivity index is 1.75. The second kappa shape index (κ2) is 7.58. The van der Waals surface area contributed by atoms with E-state index in [4.69, 9.17) is 13.6 Å². The van der Waals surface area contributed by atoms with Gasteiger partial charge in [-0.15, -0.1) is 0 Å². The van der Waals surface area contributed by atoms with E-state index in [1.807, 2.05) is 13.8 Å². The van der Waals surface area contributed by atoms with Gasteiger partial charge >= 0.3 is 5.63 Å². The van der Waals surface area contributed by atoms with Crippen molar-refractivity contribution in [1.82, 2.24) is 4.90 Å². The van der Waals surface area contributed by atoms with Crippen LogP contribution in [-0.4, -0.2) is 37.1 Å². The van der Waals surface area contributed by atoms with Gasteiger partial charge in [0.25, 0.3) is 0 Å². The van der Waals surface area contributed by atoms with Crippen LogP contribution in [0, 0.1) is 13.8 Å². The van der Waals surface area contributed by atoms with Gasteiger partial charge in [0.1, 0.15) is 11.2 Å². The minimum Gasteiger partial charge on any atom is -0.464 e. The Morgan fingerprint density at radius 1 is 1.07 bits per heavy atom. The third-order valence-corrected chi connectivity index (χ3v) is 6.10. The van der Waals surface area contributed by atoms with Crippen LogP contribution < -0.4 is 5.63 Å². The lowest BCUT2D eigenvalue weighted by molar-refractivity contribution is -0.135. The summed E-state index contributed by atoms with van der Waals surface area (Å²) in [4.78, 5) is 27.1. The zero-order valence-electron chi connectivity index (χ0n) is 18.4. The largest absolute Gasteiger partial charge is 0.464 e. The van der Waals surface area contributed by atoms with Crippen molar-refractivity contribution < 1.29 is 18.4 Å². The first-order valence-corrected chi connectivity index (χ1v) is 10.5. The Labute approximate surface area is 175 Å². The Kier molecular flexibility index (Phi) is 5.22. The van der Waals surface area contributed by atoms with Crippen molar-refractivity contribution in [3.63, 3.8) is 0 Å². The number of amides is 1. The summed E-state index contributed by atoms with van der Waals surface area (Å²) in [5, 5.41) is 1.94. The highest BCUT2D eigenvalue weighted by atomic mass is 16.5. The fourth-order valence-corrected chi connectivity index (χ4v) is 4.27. The maximum absolute atomic E-state index is 12.8. The predicted octanol–water partition coefficient (Wildman–Crippen LogP) is 4.24. The number of carbonyl (C=O) groups is 1. The van der Waals surface area contributed by atoms with E-state index in [1.165, 1.54) is 0 Å². The van der Waals surface area contributed by atoms with Gasteiger partial charge in [-0.25, -0.2) is 4.79 Å². The van der Waals surface area contributed by atoms with E-state index in [1.54, 1.807) is 11.2 Å². The van der Waals surface area contributed by atoms with Gasteiger partial charge in [0, 0.05) is 47.0 Å². The van der Waals surface area contributed by atoms with E-state index in [-0.39, 0.29) is 23.4 Å². The molecule has 0 N–H and O–H groups in total. The molecule has 1 aliphatic heterocycles. The van der Waals surface area contributed by atoms with Gasteiger partial charge in [-0.05, 0) is 37.3 Å². The summed E-state index contributed by atoms with van der Waals surface area (Å²) >= 11 is 0. The third-order valence-electron chi connectivity index (χ3n) is 6.10. The molecular formula is C24H29NO5. The summed E-state index contributed by atoms with van der Waals surface area (Å²) in [6.07, 6.45) is 2.46. The van der Waals surface area contributed by atoms with Gasteiger partial charge in [0.2, 0.25) is 5.91 Å². The van der Waals surface area contributed by atoms with Crippen LogP contribution in [0.15, 0.2) is 26.0 Å². The quantitative estimate of drug-likeness (QED) is 0.603. The molecule has 4 rings (SSSR count). The van der Waals surface area contributed by atoms with E-state index in [0.717, 1.165) is 33.0 Å². The number of carbonyl (C=O) groups excluding carboxylic acids is 1. The number of rotatable bonds is 3. The van der Waals surface area contributed by atoms with Crippen LogP contribution in [0.4, 0.5) is 0 Å². The summed E-state index contributed by atoms with van der Waals surface area (Å²) < 4.78 is 16.9. The molecule has 1 fully saturated rings. The SMILES string of the molecule is Cc1c(CCC(=O)N2CCOCC2)c(=O)oc2c(C)c3occ(C(C)(C)C)c3cc12. The van der Waals surface area contributed by atoms with Crippen molar-refractivity contribution in [2.45, 2.75) is 52.9 Å². The number of aryl methyl sites for hydroxylation is 2. The van der Waals surface area contributed by atoms with Crippen LogP contribution in [0.2, 0.25) is 0 Å². The van der Waals surface area contributed by atoms with E-state index >= 15 is 0 Å². The highest BCUT2D eigenvalue weighted by molar-refractivity contribution is 6.00. The van der Waals surface area contributed by atoms with E-state index in [9.17, 15) is 9.59 Å². The molecule has 2 aromatic heterocycles. The molecular weight excluding hydrogens is 382 g/mol. The number of nitrogens with zero attached hydrogens (tertiary/aromatic N) is 1. The van der Waals surface area contributed by atoms with Crippen LogP contribution in [0.3, 0.4) is 0 Å². The summed E-state index contributed by atoms with van der Waals surface area (Å²) in [7, 11) is 0. The van der Waals surface area contributed by atoms with Crippen molar-refractivity contribution in [3.8, 4) is 0 Å². The standard InChI is InChI=1S/C24H29NO5/c1-14-16(6-7-20(26)25-8-10-28-11-9-25)23(27)30-22-15(2)21-18(12-17(14)22)19(13-29-21)24(3,4)5/h12-13H,6-11H2,1-5H3. The summed E-state index contributed by atoms with van der Waals surface area (Å²) in [5.74, 6) is 0.0497. The molecule has 3 heterocycles. The van der Waals surface area contributed by atoms with Crippen LogP contribution in [0.5, 0.6) is 0 Å². The minimum atomic E-state index is -0.375. The van der Waals surface area contributed by atoms with Crippen molar-refractivity contribution >= 4 is 27.8 Å². The number of morpholine rings is 1. The summed E-state index contributed by atoms with van der Waals surface area (Å²) in [6, 6.07) is 2.06. The van der Waals surface area contributed by atoms with E-state index < -0.39 is 0 Å². The molecule has 0 saturated carbocycles. The molecule has 1 aromatic carbocycles. The lowest BCUT2D eigenvalue weighted by atomic mass is 9.86. The second-order valence-corrected chi connectivity index (χ2v) is 9.14. The Hall–Kier alpha value is -2.60. The maximum atomic E-state index is 12.8. The minimum absolute atomic E-state index is 0.0497. The molecule has 1 aliphatic rings. The van der Waals surface area contributed by atoms with Gasteiger partial charge < -0.3 is 18.5 Å². The van der Waals surface area contributed by atoms with Crippen molar-refractivity contribution in [2.24, 2.45) is 0 Å². The number of ether oxygens (including phenoxy) is 1. The fourth-order valence-electron chi connectivity index (χ4n) is 4.27. The molecule has 6 nitrogen and oxygen atoms in total.